The number of aryl methyl sites for hydroxylation is 1. The Morgan fingerprint density at radius 2 is 2.38 bits per heavy atom. The quantitative estimate of drug-likeness (QED) is 0.802. The van der Waals surface area contributed by atoms with E-state index in [0.29, 0.717) is 6.54 Å². The Balaban J connectivity index is 0.00000144. The fourth-order valence-corrected chi connectivity index (χ4v) is 1.44. The maximum Gasteiger partial charge on any atom is 0.238 e. The summed E-state index contributed by atoms with van der Waals surface area (Å²) < 4.78 is 4.04. The van der Waals surface area contributed by atoms with Crippen LogP contribution in [0.5, 0.6) is 0 Å². The number of amides is 1. The third-order valence-corrected chi connectivity index (χ3v) is 2.02. The van der Waals surface area contributed by atoms with Crippen molar-refractivity contribution in [2.24, 2.45) is 0 Å². The zero-order valence-corrected chi connectivity index (χ0v) is 9.09. The Morgan fingerprint density at radius 3 is 2.85 bits per heavy atom. The Bertz CT molecular complexity index is 276. The molecule has 0 spiro atoms. The van der Waals surface area contributed by atoms with Crippen molar-refractivity contribution in [2.75, 3.05) is 18.9 Å². The molecule has 1 amide bonds. The minimum Gasteiger partial charge on any atom is -0.315 e. The van der Waals surface area contributed by atoms with Crippen molar-refractivity contribution in [1.29, 1.82) is 0 Å². The van der Waals surface area contributed by atoms with Crippen molar-refractivity contribution in [3.05, 3.63) is 11.8 Å². The highest BCUT2D eigenvalue weighted by Gasteiger charge is 2.02. The summed E-state index contributed by atoms with van der Waals surface area (Å²) in [6.45, 7) is 2.22. The summed E-state index contributed by atoms with van der Waals surface area (Å²) >= 11 is 1.29. The van der Waals surface area contributed by atoms with Gasteiger partial charge in [0.2, 0.25) is 5.91 Å². The Labute approximate surface area is 87.3 Å². The highest BCUT2D eigenvalue weighted by atomic mass is 35.5. The molecule has 0 aliphatic rings. The van der Waals surface area contributed by atoms with Crippen LogP contribution in [0.1, 0.15) is 5.69 Å². The van der Waals surface area contributed by atoms with Crippen LogP contribution in [0.4, 0.5) is 5.00 Å². The molecule has 4 nitrogen and oxygen atoms in total. The van der Waals surface area contributed by atoms with Crippen LogP contribution in [0.3, 0.4) is 0 Å². The van der Waals surface area contributed by atoms with Crippen LogP contribution in [0, 0.1) is 6.92 Å². The average Bonchev–Trinajstić information content (AvgIpc) is 2.36. The van der Waals surface area contributed by atoms with Crippen LogP contribution in [0.25, 0.3) is 0 Å². The SMILES string of the molecule is CNCC(=O)Nc1cc(C)ns1.Cl. The first-order valence-corrected chi connectivity index (χ1v) is 4.37. The van der Waals surface area contributed by atoms with E-state index in [1.54, 1.807) is 7.05 Å². The van der Waals surface area contributed by atoms with Crippen LogP contribution in [0.15, 0.2) is 6.07 Å². The van der Waals surface area contributed by atoms with Gasteiger partial charge in [-0.3, -0.25) is 4.79 Å². The van der Waals surface area contributed by atoms with Gasteiger partial charge in [-0.15, -0.1) is 12.4 Å². The van der Waals surface area contributed by atoms with E-state index in [-0.39, 0.29) is 18.3 Å². The molecule has 0 aliphatic heterocycles. The van der Waals surface area contributed by atoms with Crippen LogP contribution < -0.4 is 10.6 Å². The van der Waals surface area contributed by atoms with Gasteiger partial charge in [-0.2, -0.15) is 4.37 Å². The second kappa shape index (κ2) is 5.90. The van der Waals surface area contributed by atoms with Crippen molar-refractivity contribution in [2.45, 2.75) is 6.92 Å². The molecule has 2 N–H and O–H groups in total. The lowest BCUT2D eigenvalue weighted by molar-refractivity contribution is -0.115. The lowest BCUT2D eigenvalue weighted by atomic mass is 10.5. The summed E-state index contributed by atoms with van der Waals surface area (Å²) in [6, 6.07) is 1.85. The van der Waals surface area contributed by atoms with Gasteiger partial charge in [0.1, 0.15) is 5.00 Å². The van der Waals surface area contributed by atoms with Gasteiger partial charge < -0.3 is 10.6 Å². The Hall–Kier alpha value is -0.650. The first kappa shape index (κ1) is 12.3. The summed E-state index contributed by atoms with van der Waals surface area (Å²) in [5, 5.41) is 6.28. The second-order valence-electron chi connectivity index (χ2n) is 2.41. The number of rotatable bonds is 3. The normalized spacial score (nSPS) is 9.08. The van der Waals surface area contributed by atoms with Gasteiger partial charge in [0.25, 0.3) is 0 Å². The predicted molar refractivity (Wildman–Crippen MR) is 56.7 cm³/mol. The predicted octanol–water partition coefficient (Wildman–Crippen LogP) is 1.03. The summed E-state index contributed by atoms with van der Waals surface area (Å²) in [6.07, 6.45) is 0. The van der Waals surface area contributed by atoms with Crippen LogP contribution in [-0.4, -0.2) is 23.9 Å². The van der Waals surface area contributed by atoms with E-state index in [0.717, 1.165) is 10.7 Å². The summed E-state index contributed by atoms with van der Waals surface area (Å²) in [5.74, 6) is -0.0406. The zero-order chi connectivity index (χ0) is 8.97. The van der Waals surface area contributed by atoms with E-state index in [2.05, 4.69) is 15.0 Å². The van der Waals surface area contributed by atoms with Gasteiger partial charge in [-0.05, 0) is 31.6 Å². The number of aromatic nitrogens is 1. The van der Waals surface area contributed by atoms with E-state index in [4.69, 9.17) is 0 Å². The van der Waals surface area contributed by atoms with Crippen molar-refractivity contribution in [3.8, 4) is 0 Å². The van der Waals surface area contributed by atoms with E-state index in [9.17, 15) is 4.79 Å². The number of likely N-dealkylation sites (N-methyl/N-ethyl adjacent to an activating group) is 1. The standard InChI is InChI=1S/C7H11N3OS.ClH/c1-5-3-7(12-10-5)9-6(11)4-8-2;/h3,8H,4H2,1-2H3,(H,9,11);1H. The van der Waals surface area contributed by atoms with E-state index in [1.807, 2.05) is 13.0 Å². The molecule has 6 heteroatoms. The number of carbonyl (C=O) groups is 1. The van der Waals surface area contributed by atoms with E-state index in [1.165, 1.54) is 11.5 Å². The molecule has 0 radical (unpaired) electrons. The molecule has 0 unspecified atom stereocenters. The van der Waals surface area contributed by atoms with Crippen molar-refractivity contribution < 1.29 is 4.79 Å². The highest BCUT2D eigenvalue weighted by Crippen LogP contribution is 2.14. The van der Waals surface area contributed by atoms with Gasteiger partial charge in [-0.25, -0.2) is 0 Å². The minimum atomic E-state index is -0.0406. The van der Waals surface area contributed by atoms with Gasteiger partial charge in [-0.1, -0.05) is 0 Å². The molecule has 74 valence electrons. The molecular formula is C7H12ClN3OS. The maximum atomic E-state index is 11.0. The molecule has 1 aromatic heterocycles. The third kappa shape index (κ3) is 4.21. The molecular weight excluding hydrogens is 210 g/mol. The summed E-state index contributed by atoms with van der Waals surface area (Å²) in [7, 11) is 1.73. The first-order valence-electron chi connectivity index (χ1n) is 3.60. The smallest absolute Gasteiger partial charge is 0.238 e. The summed E-state index contributed by atoms with van der Waals surface area (Å²) in [4.78, 5) is 11.0. The van der Waals surface area contributed by atoms with E-state index >= 15 is 0 Å². The lowest BCUT2D eigenvalue weighted by Gasteiger charge is -1.98. The van der Waals surface area contributed by atoms with Crippen molar-refractivity contribution in [1.82, 2.24) is 9.69 Å². The topological polar surface area (TPSA) is 54.0 Å². The molecule has 1 rings (SSSR count). The number of anilines is 1. The second-order valence-corrected chi connectivity index (χ2v) is 3.22. The zero-order valence-electron chi connectivity index (χ0n) is 7.46. The molecule has 1 heterocycles. The van der Waals surface area contributed by atoms with E-state index < -0.39 is 0 Å². The first-order chi connectivity index (χ1) is 5.72. The highest BCUT2D eigenvalue weighted by molar-refractivity contribution is 7.10. The Kier molecular flexibility index (Phi) is 5.61. The fraction of sp³-hybridized carbons (Fsp3) is 0.429. The monoisotopic (exact) mass is 221 g/mol. The molecule has 0 aliphatic carbocycles. The average molecular weight is 222 g/mol. The number of carbonyl (C=O) groups excluding carboxylic acids is 1. The number of nitrogens with one attached hydrogen (secondary N) is 2. The largest absolute Gasteiger partial charge is 0.315 e. The van der Waals surface area contributed by atoms with Gasteiger partial charge in [0, 0.05) is 0 Å². The van der Waals surface area contributed by atoms with Gasteiger partial charge in [0.05, 0.1) is 12.2 Å². The molecule has 0 saturated heterocycles. The number of hydrogen-bond donors (Lipinski definition) is 2. The maximum absolute atomic E-state index is 11.0. The molecule has 0 saturated carbocycles. The van der Waals surface area contributed by atoms with Crippen LogP contribution in [-0.2, 0) is 4.79 Å². The Morgan fingerprint density at radius 1 is 1.69 bits per heavy atom. The lowest BCUT2D eigenvalue weighted by Crippen LogP contribution is -2.24. The van der Waals surface area contributed by atoms with Crippen molar-refractivity contribution in [3.63, 3.8) is 0 Å². The van der Waals surface area contributed by atoms with Crippen LogP contribution in [0.2, 0.25) is 0 Å². The van der Waals surface area contributed by atoms with Crippen molar-refractivity contribution >= 4 is 34.8 Å². The number of halogens is 1. The number of hydrogen-bond acceptors (Lipinski definition) is 4. The molecule has 0 fully saturated rings. The van der Waals surface area contributed by atoms with Gasteiger partial charge in [0.15, 0.2) is 0 Å². The summed E-state index contributed by atoms with van der Waals surface area (Å²) in [5.41, 5.74) is 0.930. The van der Waals surface area contributed by atoms with Gasteiger partial charge >= 0.3 is 0 Å². The molecule has 0 atom stereocenters. The molecule has 0 bridgehead atoms. The number of nitrogens with zero attached hydrogens (tertiary/aromatic N) is 1. The fourth-order valence-electron chi connectivity index (χ4n) is 0.765. The third-order valence-electron chi connectivity index (χ3n) is 1.23. The minimum absolute atomic E-state index is 0. The molecule has 13 heavy (non-hydrogen) atoms. The van der Waals surface area contributed by atoms with Crippen LogP contribution >= 0.6 is 23.9 Å². The molecule has 0 aromatic carbocycles. The molecule has 1 aromatic rings.